The Labute approximate surface area is 154 Å². The maximum absolute atomic E-state index is 14.0. The van der Waals surface area contributed by atoms with Crippen molar-refractivity contribution in [3.8, 4) is 0 Å². The van der Waals surface area contributed by atoms with Gasteiger partial charge in [0, 0.05) is 42.9 Å². The number of hydrogen-bond donors (Lipinski definition) is 0. The van der Waals surface area contributed by atoms with Gasteiger partial charge in [0.1, 0.15) is 23.3 Å². The van der Waals surface area contributed by atoms with E-state index in [0.29, 0.717) is 25.0 Å². The van der Waals surface area contributed by atoms with Crippen LogP contribution in [0.4, 0.5) is 13.2 Å². The Morgan fingerprint density at radius 2 is 2.00 bits per heavy atom. The number of fused-ring (bicyclic) bond motifs is 1. The molecule has 3 rings (SSSR count). The molecule has 0 fully saturated rings. The molecule has 26 heavy (non-hydrogen) atoms. The zero-order valence-corrected chi connectivity index (χ0v) is 15.3. The SMILES string of the molecule is Cc1c2c(nn1C)CC(N(Cc1c(F)cc(F)cc1F)C(=O)CCl)CC2. The molecule has 8 heteroatoms. The van der Waals surface area contributed by atoms with Gasteiger partial charge >= 0.3 is 0 Å². The fraction of sp³-hybridized carbons (Fsp3) is 0.444. The van der Waals surface area contributed by atoms with Crippen molar-refractivity contribution < 1.29 is 18.0 Å². The van der Waals surface area contributed by atoms with E-state index in [0.717, 1.165) is 23.4 Å². The van der Waals surface area contributed by atoms with Crippen molar-refractivity contribution >= 4 is 17.5 Å². The van der Waals surface area contributed by atoms with E-state index in [1.54, 1.807) is 4.68 Å². The smallest absolute Gasteiger partial charge is 0.238 e. The summed E-state index contributed by atoms with van der Waals surface area (Å²) in [4.78, 5) is 13.7. The molecule has 1 aromatic carbocycles. The molecule has 0 spiro atoms. The molecule has 1 amide bonds. The number of carbonyl (C=O) groups excluding carboxylic acids is 1. The average molecular weight is 386 g/mol. The topological polar surface area (TPSA) is 38.1 Å². The van der Waals surface area contributed by atoms with E-state index in [1.165, 1.54) is 4.90 Å². The first-order valence-electron chi connectivity index (χ1n) is 8.32. The molecule has 140 valence electrons. The second kappa shape index (κ2) is 7.31. The van der Waals surface area contributed by atoms with Crippen LogP contribution in [0.1, 0.15) is 28.9 Å². The zero-order valence-electron chi connectivity index (χ0n) is 14.5. The van der Waals surface area contributed by atoms with Crippen molar-refractivity contribution in [3.63, 3.8) is 0 Å². The number of nitrogens with zero attached hydrogens (tertiary/aromatic N) is 3. The molecule has 0 saturated carbocycles. The summed E-state index contributed by atoms with van der Waals surface area (Å²) in [6, 6.07) is 0.956. The summed E-state index contributed by atoms with van der Waals surface area (Å²) in [6.45, 7) is 1.69. The molecule has 2 aromatic rings. The Morgan fingerprint density at radius 3 is 2.62 bits per heavy atom. The van der Waals surface area contributed by atoms with E-state index < -0.39 is 23.4 Å². The number of carbonyl (C=O) groups is 1. The summed E-state index contributed by atoms with van der Waals surface area (Å²) in [5, 5.41) is 4.47. The molecule has 1 heterocycles. The van der Waals surface area contributed by atoms with Gasteiger partial charge in [0.15, 0.2) is 0 Å². The van der Waals surface area contributed by atoms with Gasteiger partial charge in [-0.2, -0.15) is 5.10 Å². The van der Waals surface area contributed by atoms with E-state index in [4.69, 9.17) is 11.6 Å². The lowest BCUT2D eigenvalue weighted by Gasteiger charge is -2.34. The molecular formula is C18H19ClF3N3O. The summed E-state index contributed by atoms with van der Waals surface area (Å²) in [7, 11) is 1.85. The van der Waals surface area contributed by atoms with Crippen LogP contribution in [0.15, 0.2) is 12.1 Å². The standard InChI is InChI=1S/C18H19ClF3N3O/c1-10-13-4-3-12(7-17(13)23-24(10)2)25(18(26)8-19)9-14-15(21)5-11(20)6-16(14)22/h5-6,12H,3-4,7-9H2,1-2H3. The van der Waals surface area contributed by atoms with Crippen LogP contribution in [0.3, 0.4) is 0 Å². The van der Waals surface area contributed by atoms with Gasteiger partial charge in [-0.05, 0) is 25.3 Å². The van der Waals surface area contributed by atoms with Crippen molar-refractivity contribution in [1.29, 1.82) is 0 Å². The normalized spacial score (nSPS) is 16.5. The molecule has 0 N–H and O–H groups in total. The second-order valence-corrected chi connectivity index (χ2v) is 6.80. The molecule has 0 aliphatic heterocycles. The number of halogens is 4. The first kappa shape index (κ1) is 18.8. The van der Waals surface area contributed by atoms with Crippen molar-refractivity contribution in [2.45, 2.75) is 38.8 Å². The predicted molar refractivity (Wildman–Crippen MR) is 91.3 cm³/mol. The molecule has 1 aliphatic carbocycles. The van der Waals surface area contributed by atoms with Crippen LogP contribution in [0, 0.1) is 24.4 Å². The molecule has 1 aliphatic rings. The first-order valence-corrected chi connectivity index (χ1v) is 8.85. The van der Waals surface area contributed by atoms with Crippen molar-refractivity contribution in [3.05, 3.63) is 52.1 Å². The first-order chi connectivity index (χ1) is 12.3. The number of hydrogen-bond acceptors (Lipinski definition) is 2. The Morgan fingerprint density at radius 1 is 1.35 bits per heavy atom. The average Bonchev–Trinajstić information content (AvgIpc) is 2.87. The highest BCUT2D eigenvalue weighted by molar-refractivity contribution is 6.27. The van der Waals surface area contributed by atoms with Crippen LogP contribution in [-0.2, 0) is 31.2 Å². The number of aryl methyl sites for hydroxylation is 1. The minimum absolute atomic E-state index is 0.271. The van der Waals surface area contributed by atoms with Gasteiger partial charge in [-0.3, -0.25) is 9.48 Å². The van der Waals surface area contributed by atoms with Gasteiger partial charge < -0.3 is 4.90 Å². The summed E-state index contributed by atoms with van der Waals surface area (Å²) >= 11 is 5.71. The Balaban J connectivity index is 1.89. The third kappa shape index (κ3) is 3.45. The fourth-order valence-corrected chi connectivity index (χ4v) is 3.66. The lowest BCUT2D eigenvalue weighted by molar-refractivity contribution is -0.131. The lowest BCUT2D eigenvalue weighted by atomic mass is 9.90. The van der Waals surface area contributed by atoms with E-state index in [9.17, 15) is 18.0 Å². The number of aromatic nitrogens is 2. The Bertz CT molecular complexity index is 829. The van der Waals surface area contributed by atoms with Crippen LogP contribution >= 0.6 is 11.6 Å². The summed E-state index contributed by atoms with van der Waals surface area (Å²) < 4.78 is 43.0. The monoisotopic (exact) mass is 385 g/mol. The third-order valence-electron chi connectivity index (χ3n) is 5.01. The third-order valence-corrected chi connectivity index (χ3v) is 5.24. The molecular weight excluding hydrogens is 367 g/mol. The molecule has 1 unspecified atom stereocenters. The number of alkyl halides is 1. The summed E-state index contributed by atoms with van der Waals surface area (Å²) in [6.07, 6.45) is 1.86. The van der Waals surface area contributed by atoms with Gasteiger partial charge in [0.25, 0.3) is 0 Å². The second-order valence-electron chi connectivity index (χ2n) is 6.53. The van der Waals surface area contributed by atoms with Gasteiger partial charge in [0.05, 0.1) is 12.2 Å². The van der Waals surface area contributed by atoms with Gasteiger partial charge in [-0.15, -0.1) is 11.6 Å². The molecule has 0 saturated heterocycles. The highest BCUT2D eigenvalue weighted by Gasteiger charge is 2.31. The quantitative estimate of drug-likeness (QED) is 0.758. The van der Waals surface area contributed by atoms with Gasteiger partial charge in [-0.25, -0.2) is 13.2 Å². The van der Waals surface area contributed by atoms with Crippen LogP contribution in [0.2, 0.25) is 0 Å². The van der Waals surface area contributed by atoms with E-state index >= 15 is 0 Å². The number of benzene rings is 1. The van der Waals surface area contributed by atoms with E-state index in [-0.39, 0.29) is 24.0 Å². The number of amides is 1. The van der Waals surface area contributed by atoms with E-state index in [2.05, 4.69) is 5.10 Å². The maximum Gasteiger partial charge on any atom is 0.238 e. The largest absolute Gasteiger partial charge is 0.334 e. The highest BCUT2D eigenvalue weighted by Crippen LogP contribution is 2.28. The van der Waals surface area contributed by atoms with Crippen LogP contribution in [-0.4, -0.2) is 32.5 Å². The van der Waals surface area contributed by atoms with Gasteiger partial charge in [0.2, 0.25) is 5.91 Å². The van der Waals surface area contributed by atoms with Crippen molar-refractivity contribution in [2.24, 2.45) is 7.05 Å². The maximum atomic E-state index is 14.0. The molecule has 0 radical (unpaired) electrons. The highest BCUT2D eigenvalue weighted by atomic mass is 35.5. The molecule has 0 bridgehead atoms. The molecule has 1 aromatic heterocycles. The Kier molecular flexibility index (Phi) is 5.27. The van der Waals surface area contributed by atoms with Crippen LogP contribution in [0.5, 0.6) is 0 Å². The van der Waals surface area contributed by atoms with Crippen molar-refractivity contribution in [2.75, 3.05) is 5.88 Å². The minimum Gasteiger partial charge on any atom is -0.334 e. The zero-order chi connectivity index (χ0) is 19.0. The van der Waals surface area contributed by atoms with Crippen molar-refractivity contribution in [1.82, 2.24) is 14.7 Å². The number of rotatable bonds is 4. The Hall–Kier alpha value is -2.02. The predicted octanol–water partition coefficient (Wildman–Crippen LogP) is 3.27. The van der Waals surface area contributed by atoms with Gasteiger partial charge in [-0.1, -0.05) is 0 Å². The summed E-state index contributed by atoms with van der Waals surface area (Å²) in [5.74, 6) is -3.74. The van der Waals surface area contributed by atoms with E-state index in [1.807, 2.05) is 14.0 Å². The van der Waals surface area contributed by atoms with Crippen LogP contribution < -0.4 is 0 Å². The summed E-state index contributed by atoms with van der Waals surface area (Å²) in [5.41, 5.74) is 2.77. The van der Waals surface area contributed by atoms with Crippen LogP contribution in [0.25, 0.3) is 0 Å². The minimum atomic E-state index is -1.01. The molecule has 4 nitrogen and oxygen atoms in total. The molecule has 1 atom stereocenters. The fourth-order valence-electron chi connectivity index (χ4n) is 3.50. The lowest BCUT2D eigenvalue weighted by Crippen LogP contribution is -2.44.